The van der Waals surface area contributed by atoms with Gasteiger partial charge in [-0.15, -0.1) is 0 Å². The Morgan fingerprint density at radius 3 is 2.53 bits per heavy atom. The zero-order valence-corrected chi connectivity index (χ0v) is 18.0. The molecule has 6 nitrogen and oxygen atoms in total. The van der Waals surface area contributed by atoms with E-state index in [0.29, 0.717) is 23.3 Å². The van der Waals surface area contributed by atoms with Gasteiger partial charge in [0.15, 0.2) is 5.17 Å². The molecule has 0 unspecified atom stereocenters. The molecule has 30 heavy (non-hydrogen) atoms. The van der Waals surface area contributed by atoms with Gasteiger partial charge < -0.3 is 5.32 Å². The smallest absolute Gasteiger partial charge is 0.259 e. The SMILES string of the molecule is CC(C)C[C@@H]1N=C2c3ccccc3N=C(S[C@@H](C)C(=O)Nc3ccccc3)N2C1=O. The van der Waals surface area contributed by atoms with Gasteiger partial charge >= 0.3 is 0 Å². The van der Waals surface area contributed by atoms with Crippen molar-refractivity contribution in [3.05, 3.63) is 60.2 Å². The summed E-state index contributed by atoms with van der Waals surface area (Å²) in [5.74, 6) is 0.768. The molecule has 2 aliphatic heterocycles. The maximum atomic E-state index is 13.2. The summed E-state index contributed by atoms with van der Waals surface area (Å²) in [5, 5.41) is 2.97. The van der Waals surface area contributed by atoms with Crippen LogP contribution in [0.4, 0.5) is 11.4 Å². The van der Waals surface area contributed by atoms with Gasteiger partial charge in [-0.05, 0) is 43.5 Å². The quantitative estimate of drug-likeness (QED) is 0.776. The van der Waals surface area contributed by atoms with Crippen molar-refractivity contribution in [1.29, 1.82) is 0 Å². The van der Waals surface area contributed by atoms with E-state index in [2.05, 4.69) is 19.2 Å². The van der Waals surface area contributed by atoms with E-state index in [1.807, 2.05) is 61.5 Å². The van der Waals surface area contributed by atoms with Crippen LogP contribution in [0.2, 0.25) is 0 Å². The fourth-order valence-electron chi connectivity index (χ4n) is 3.46. The molecule has 7 heteroatoms. The first-order chi connectivity index (χ1) is 14.4. The molecule has 0 aromatic heterocycles. The van der Waals surface area contributed by atoms with E-state index in [9.17, 15) is 9.59 Å². The maximum absolute atomic E-state index is 13.2. The number of carbonyl (C=O) groups excluding carboxylic acids is 2. The molecule has 0 saturated carbocycles. The molecule has 1 N–H and O–H groups in total. The van der Waals surface area contributed by atoms with Gasteiger partial charge in [-0.1, -0.05) is 55.9 Å². The van der Waals surface area contributed by atoms with Crippen LogP contribution < -0.4 is 5.32 Å². The van der Waals surface area contributed by atoms with E-state index in [0.717, 1.165) is 16.9 Å². The molecule has 0 saturated heterocycles. The number of para-hydroxylation sites is 2. The molecule has 0 fully saturated rings. The van der Waals surface area contributed by atoms with Gasteiger partial charge in [0.25, 0.3) is 5.91 Å². The summed E-state index contributed by atoms with van der Waals surface area (Å²) in [6.45, 7) is 5.98. The molecule has 2 heterocycles. The molecule has 0 aliphatic carbocycles. The van der Waals surface area contributed by atoms with E-state index in [1.54, 1.807) is 4.90 Å². The number of anilines is 1. The first kappa shape index (κ1) is 20.3. The van der Waals surface area contributed by atoms with Gasteiger partial charge in [-0.2, -0.15) is 0 Å². The van der Waals surface area contributed by atoms with Crippen molar-refractivity contribution in [1.82, 2.24) is 4.90 Å². The summed E-state index contributed by atoms with van der Waals surface area (Å²) >= 11 is 1.27. The predicted molar refractivity (Wildman–Crippen MR) is 122 cm³/mol. The Kier molecular flexibility index (Phi) is 5.72. The standard InChI is InChI=1S/C23H24N4O2S/c1-14(2)13-19-22(29)27-20(25-19)17-11-7-8-12-18(17)26-23(27)30-15(3)21(28)24-16-9-5-4-6-10-16/h4-12,14-15,19H,13H2,1-3H3,(H,24,28)/t15-,19-/m0/s1. The maximum Gasteiger partial charge on any atom is 0.259 e. The van der Waals surface area contributed by atoms with Crippen molar-refractivity contribution in [3.8, 4) is 0 Å². The third kappa shape index (κ3) is 4.03. The molecule has 2 aromatic carbocycles. The second-order valence-corrected chi connectivity index (χ2v) is 9.11. The molecule has 2 atom stereocenters. The van der Waals surface area contributed by atoms with Crippen LogP contribution in [0.1, 0.15) is 32.8 Å². The zero-order chi connectivity index (χ0) is 21.3. The monoisotopic (exact) mass is 420 g/mol. The highest BCUT2D eigenvalue weighted by Gasteiger charge is 2.42. The average molecular weight is 421 g/mol. The Morgan fingerprint density at radius 1 is 1.10 bits per heavy atom. The first-order valence-corrected chi connectivity index (χ1v) is 10.9. The number of fused-ring (bicyclic) bond motifs is 3. The number of amidine groups is 2. The Labute approximate surface area is 180 Å². The summed E-state index contributed by atoms with van der Waals surface area (Å²) in [5.41, 5.74) is 2.36. The number of thioether (sulfide) groups is 1. The van der Waals surface area contributed by atoms with Crippen molar-refractivity contribution in [2.75, 3.05) is 5.32 Å². The summed E-state index contributed by atoms with van der Waals surface area (Å²) in [6, 6.07) is 16.6. The Balaban J connectivity index is 1.60. The minimum absolute atomic E-state index is 0.0740. The molecule has 0 spiro atoms. The number of hydrogen-bond donors (Lipinski definition) is 1. The lowest BCUT2D eigenvalue weighted by Gasteiger charge is -2.27. The van der Waals surface area contributed by atoms with Crippen LogP contribution in [0.3, 0.4) is 0 Å². The lowest BCUT2D eigenvalue weighted by atomic mass is 10.0. The number of hydrogen-bond acceptors (Lipinski definition) is 5. The number of nitrogens with zero attached hydrogens (tertiary/aromatic N) is 3. The summed E-state index contributed by atoms with van der Waals surface area (Å²) in [6.07, 6.45) is 0.684. The number of benzene rings is 2. The number of nitrogens with one attached hydrogen (secondary N) is 1. The lowest BCUT2D eigenvalue weighted by molar-refractivity contribution is -0.125. The normalized spacial score (nSPS) is 18.5. The van der Waals surface area contributed by atoms with Gasteiger partial charge in [0.1, 0.15) is 11.9 Å². The molecule has 2 aromatic rings. The Hall–Kier alpha value is -2.93. The van der Waals surface area contributed by atoms with Crippen LogP contribution in [0.15, 0.2) is 64.6 Å². The fraction of sp³-hybridized carbons (Fsp3) is 0.304. The van der Waals surface area contributed by atoms with Crippen LogP contribution in [0.5, 0.6) is 0 Å². The van der Waals surface area contributed by atoms with Crippen LogP contribution >= 0.6 is 11.8 Å². The third-order valence-electron chi connectivity index (χ3n) is 4.94. The van der Waals surface area contributed by atoms with Crippen molar-refractivity contribution < 1.29 is 9.59 Å². The van der Waals surface area contributed by atoms with Crippen LogP contribution in [-0.4, -0.2) is 39.0 Å². The molecule has 0 bridgehead atoms. The van der Waals surface area contributed by atoms with E-state index in [1.165, 1.54) is 11.8 Å². The average Bonchev–Trinajstić information content (AvgIpc) is 3.05. The van der Waals surface area contributed by atoms with Crippen LogP contribution in [0.25, 0.3) is 0 Å². The molecule has 154 valence electrons. The van der Waals surface area contributed by atoms with Crippen molar-refractivity contribution in [2.45, 2.75) is 38.5 Å². The summed E-state index contributed by atoms with van der Waals surface area (Å²) in [7, 11) is 0. The molecule has 4 rings (SSSR count). The van der Waals surface area contributed by atoms with Crippen molar-refractivity contribution in [3.63, 3.8) is 0 Å². The highest BCUT2D eigenvalue weighted by Crippen LogP contribution is 2.35. The van der Waals surface area contributed by atoms with Gasteiger partial charge in [-0.25, -0.2) is 9.89 Å². The summed E-state index contributed by atoms with van der Waals surface area (Å²) < 4.78 is 0. The van der Waals surface area contributed by atoms with Gasteiger partial charge in [0.2, 0.25) is 5.91 Å². The Bertz CT molecular complexity index is 1030. The second kappa shape index (κ2) is 8.44. The van der Waals surface area contributed by atoms with E-state index in [-0.39, 0.29) is 11.8 Å². The number of aliphatic imine (C=N–C) groups is 2. The minimum Gasteiger partial charge on any atom is -0.325 e. The number of amides is 2. The third-order valence-corrected chi connectivity index (χ3v) is 5.99. The largest absolute Gasteiger partial charge is 0.325 e. The van der Waals surface area contributed by atoms with Crippen LogP contribution in [-0.2, 0) is 9.59 Å². The topological polar surface area (TPSA) is 74.1 Å². The predicted octanol–water partition coefficient (Wildman–Crippen LogP) is 4.45. The number of rotatable bonds is 5. The molecule has 2 aliphatic rings. The van der Waals surface area contributed by atoms with E-state index >= 15 is 0 Å². The van der Waals surface area contributed by atoms with Crippen molar-refractivity contribution in [2.24, 2.45) is 15.9 Å². The molecule has 0 radical (unpaired) electrons. The Morgan fingerprint density at radius 2 is 1.80 bits per heavy atom. The van der Waals surface area contributed by atoms with Gasteiger partial charge in [0, 0.05) is 11.3 Å². The molecular weight excluding hydrogens is 396 g/mol. The fourth-order valence-corrected chi connectivity index (χ4v) is 4.37. The van der Waals surface area contributed by atoms with Crippen LogP contribution in [0, 0.1) is 5.92 Å². The molecule has 2 amide bonds. The first-order valence-electron chi connectivity index (χ1n) is 10.1. The van der Waals surface area contributed by atoms with E-state index < -0.39 is 11.3 Å². The highest BCUT2D eigenvalue weighted by molar-refractivity contribution is 8.15. The minimum atomic E-state index is -0.438. The lowest BCUT2D eigenvalue weighted by Crippen LogP contribution is -2.42. The van der Waals surface area contributed by atoms with Crippen molar-refractivity contribution >= 4 is 46.0 Å². The number of carbonyl (C=O) groups is 2. The second-order valence-electron chi connectivity index (χ2n) is 7.80. The zero-order valence-electron chi connectivity index (χ0n) is 17.2. The van der Waals surface area contributed by atoms with Gasteiger partial charge in [-0.3, -0.25) is 14.6 Å². The van der Waals surface area contributed by atoms with E-state index in [4.69, 9.17) is 9.98 Å². The summed E-state index contributed by atoms with van der Waals surface area (Å²) in [4.78, 5) is 36.9. The highest BCUT2D eigenvalue weighted by atomic mass is 32.2. The molecular formula is C23H24N4O2S. The van der Waals surface area contributed by atoms with Gasteiger partial charge in [0.05, 0.1) is 10.9 Å².